The summed E-state index contributed by atoms with van der Waals surface area (Å²) in [4.78, 5) is 9.03. The fourth-order valence-electron chi connectivity index (χ4n) is 2.59. The first-order valence-electron chi connectivity index (χ1n) is 8.88. The predicted molar refractivity (Wildman–Crippen MR) is 107 cm³/mol. The normalized spacial score (nSPS) is 10.4. The minimum absolute atomic E-state index is 0.572. The van der Waals surface area contributed by atoms with Gasteiger partial charge in [0.25, 0.3) is 0 Å². The van der Waals surface area contributed by atoms with Crippen molar-refractivity contribution < 1.29 is 4.74 Å². The molecule has 0 spiro atoms. The Kier molecular flexibility index (Phi) is 5.69. The summed E-state index contributed by atoms with van der Waals surface area (Å²) in [6.45, 7) is 6.73. The van der Waals surface area contributed by atoms with Crippen molar-refractivity contribution in [3.63, 3.8) is 0 Å². The van der Waals surface area contributed by atoms with Crippen molar-refractivity contribution in [2.45, 2.75) is 27.2 Å². The van der Waals surface area contributed by atoms with E-state index in [4.69, 9.17) is 4.74 Å². The predicted octanol–water partition coefficient (Wildman–Crippen LogP) is 5.23. The van der Waals surface area contributed by atoms with E-state index < -0.39 is 0 Å². The summed E-state index contributed by atoms with van der Waals surface area (Å²) in [7, 11) is 0. The van der Waals surface area contributed by atoms with Gasteiger partial charge in [0.2, 0.25) is 5.95 Å². The molecule has 1 aromatic heterocycles. The Bertz CT molecular complexity index is 845. The molecule has 0 fully saturated rings. The van der Waals surface area contributed by atoms with Crippen LogP contribution in [-0.4, -0.2) is 16.6 Å². The molecule has 1 heterocycles. The molecule has 0 saturated heterocycles. The molecule has 0 radical (unpaired) electrons. The highest BCUT2D eigenvalue weighted by molar-refractivity contribution is 5.60. The lowest BCUT2D eigenvalue weighted by molar-refractivity contribution is 0.340. The summed E-state index contributed by atoms with van der Waals surface area (Å²) in [5.74, 6) is 2.17. The summed E-state index contributed by atoms with van der Waals surface area (Å²) in [5, 5.41) is 6.58. The van der Waals surface area contributed by atoms with Crippen LogP contribution < -0.4 is 15.4 Å². The number of nitrogens with one attached hydrogen (secondary N) is 2. The van der Waals surface area contributed by atoms with Crippen LogP contribution in [0.4, 0.5) is 23.1 Å². The van der Waals surface area contributed by atoms with Gasteiger partial charge in [0, 0.05) is 23.1 Å². The number of nitrogens with zero attached hydrogens (tertiary/aromatic N) is 2. The van der Waals surface area contributed by atoms with Crippen molar-refractivity contribution in [1.82, 2.24) is 9.97 Å². The van der Waals surface area contributed by atoms with Gasteiger partial charge in [-0.3, -0.25) is 0 Å². The molecule has 0 saturated carbocycles. The number of hydrogen-bond donors (Lipinski definition) is 2. The van der Waals surface area contributed by atoms with E-state index in [2.05, 4.69) is 39.7 Å². The van der Waals surface area contributed by atoms with Crippen LogP contribution in [0.3, 0.4) is 0 Å². The lowest BCUT2D eigenvalue weighted by Crippen LogP contribution is -2.02. The van der Waals surface area contributed by atoms with Crippen LogP contribution in [0, 0.1) is 6.92 Å². The Morgan fingerprint density at radius 3 is 2.15 bits per heavy atom. The Balaban J connectivity index is 1.74. The van der Waals surface area contributed by atoms with Crippen molar-refractivity contribution in [3.05, 3.63) is 65.9 Å². The van der Waals surface area contributed by atoms with E-state index in [1.807, 2.05) is 56.3 Å². The number of ether oxygens (including phenoxy) is 1. The molecule has 3 aromatic rings. The number of rotatable bonds is 7. The molecule has 0 aliphatic heterocycles. The van der Waals surface area contributed by atoms with Crippen molar-refractivity contribution in [2.75, 3.05) is 17.2 Å². The Hall–Kier alpha value is -3.08. The van der Waals surface area contributed by atoms with Gasteiger partial charge in [0.15, 0.2) is 0 Å². The molecule has 5 nitrogen and oxygen atoms in total. The molecule has 2 aromatic carbocycles. The molecule has 0 amide bonds. The zero-order valence-electron chi connectivity index (χ0n) is 15.4. The highest BCUT2D eigenvalue weighted by Gasteiger charge is 2.04. The van der Waals surface area contributed by atoms with Gasteiger partial charge in [0.1, 0.15) is 11.6 Å². The van der Waals surface area contributed by atoms with Crippen LogP contribution in [0.1, 0.15) is 25.1 Å². The minimum Gasteiger partial charge on any atom is -0.494 e. The zero-order chi connectivity index (χ0) is 18.4. The monoisotopic (exact) mass is 348 g/mol. The highest BCUT2D eigenvalue weighted by Crippen LogP contribution is 2.21. The van der Waals surface area contributed by atoms with E-state index in [0.29, 0.717) is 12.6 Å². The maximum atomic E-state index is 5.47. The average Bonchev–Trinajstić information content (AvgIpc) is 2.64. The largest absolute Gasteiger partial charge is 0.494 e. The quantitative estimate of drug-likeness (QED) is 0.612. The van der Waals surface area contributed by atoms with Crippen molar-refractivity contribution in [2.24, 2.45) is 0 Å². The number of aromatic nitrogens is 2. The molecule has 0 aliphatic rings. The molecule has 134 valence electrons. The number of anilines is 4. The van der Waals surface area contributed by atoms with Crippen molar-refractivity contribution >= 4 is 23.1 Å². The van der Waals surface area contributed by atoms with E-state index in [-0.39, 0.29) is 0 Å². The van der Waals surface area contributed by atoms with Crippen LogP contribution in [-0.2, 0) is 6.42 Å². The van der Waals surface area contributed by atoms with Gasteiger partial charge in [0.05, 0.1) is 6.61 Å². The molecule has 0 atom stereocenters. The Morgan fingerprint density at radius 2 is 1.50 bits per heavy atom. The third kappa shape index (κ3) is 4.72. The maximum absolute atomic E-state index is 5.47. The lowest BCUT2D eigenvalue weighted by Gasteiger charge is -2.11. The fourth-order valence-corrected chi connectivity index (χ4v) is 2.59. The summed E-state index contributed by atoms with van der Waals surface area (Å²) >= 11 is 0. The van der Waals surface area contributed by atoms with Crippen LogP contribution in [0.25, 0.3) is 0 Å². The van der Waals surface area contributed by atoms with Gasteiger partial charge in [-0.25, -0.2) is 4.98 Å². The first-order valence-corrected chi connectivity index (χ1v) is 8.88. The molecular weight excluding hydrogens is 324 g/mol. The highest BCUT2D eigenvalue weighted by atomic mass is 16.5. The van der Waals surface area contributed by atoms with Crippen LogP contribution >= 0.6 is 0 Å². The second-order valence-corrected chi connectivity index (χ2v) is 5.98. The summed E-state index contributed by atoms with van der Waals surface area (Å²) in [6.07, 6.45) is 1.03. The first kappa shape index (κ1) is 17.7. The van der Waals surface area contributed by atoms with E-state index in [9.17, 15) is 0 Å². The molecular formula is C21H24N4O. The molecule has 26 heavy (non-hydrogen) atoms. The second-order valence-electron chi connectivity index (χ2n) is 5.98. The topological polar surface area (TPSA) is 59.1 Å². The van der Waals surface area contributed by atoms with Gasteiger partial charge in [-0.15, -0.1) is 0 Å². The minimum atomic E-state index is 0.572. The third-order valence-corrected chi connectivity index (χ3v) is 3.91. The smallest absolute Gasteiger partial charge is 0.229 e. The molecule has 0 aliphatic carbocycles. The number of hydrogen-bond acceptors (Lipinski definition) is 5. The molecule has 3 rings (SSSR count). The number of benzene rings is 2. The SMILES string of the molecule is CCOc1ccc(Nc2cc(C)nc(Nc3ccc(CC)cc3)n2)cc1. The number of aryl methyl sites for hydroxylation is 2. The molecule has 0 unspecified atom stereocenters. The van der Waals surface area contributed by atoms with Gasteiger partial charge in [-0.2, -0.15) is 4.98 Å². The van der Waals surface area contributed by atoms with Gasteiger partial charge in [-0.05, 0) is 62.2 Å². The Morgan fingerprint density at radius 1 is 0.846 bits per heavy atom. The fraction of sp³-hybridized carbons (Fsp3) is 0.238. The van der Waals surface area contributed by atoms with Crippen molar-refractivity contribution in [1.29, 1.82) is 0 Å². The molecule has 0 bridgehead atoms. The zero-order valence-corrected chi connectivity index (χ0v) is 15.4. The third-order valence-electron chi connectivity index (χ3n) is 3.91. The lowest BCUT2D eigenvalue weighted by atomic mass is 10.1. The first-order chi connectivity index (χ1) is 12.7. The van der Waals surface area contributed by atoms with E-state index in [1.54, 1.807) is 0 Å². The van der Waals surface area contributed by atoms with Crippen LogP contribution in [0.5, 0.6) is 5.75 Å². The van der Waals surface area contributed by atoms with Crippen molar-refractivity contribution in [3.8, 4) is 5.75 Å². The molecule has 5 heteroatoms. The van der Waals surface area contributed by atoms with Gasteiger partial charge < -0.3 is 15.4 Å². The summed E-state index contributed by atoms with van der Waals surface area (Å²) in [5.41, 5.74) is 4.12. The Labute approximate surface area is 154 Å². The van der Waals surface area contributed by atoms with Crippen LogP contribution in [0.2, 0.25) is 0 Å². The maximum Gasteiger partial charge on any atom is 0.229 e. The van der Waals surface area contributed by atoms with Gasteiger partial charge in [-0.1, -0.05) is 19.1 Å². The van der Waals surface area contributed by atoms with E-state index in [0.717, 1.165) is 35.1 Å². The van der Waals surface area contributed by atoms with Gasteiger partial charge >= 0.3 is 0 Å². The summed E-state index contributed by atoms with van der Waals surface area (Å²) < 4.78 is 5.47. The van der Waals surface area contributed by atoms with E-state index >= 15 is 0 Å². The standard InChI is InChI=1S/C21H24N4O/c1-4-16-6-8-18(9-7-16)24-21-22-15(3)14-20(25-21)23-17-10-12-19(13-11-17)26-5-2/h6-14H,4-5H2,1-3H3,(H2,22,23,24,25). The second kappa shape index (κ2) is 8.34. The molecule has 2 N–H and O–H groups in total. The average molecular weight is 348 g/mol. The summed E-state index contributed by atoms with van der Waals surface area (Å²) in [6, 6.07) is 18.0. The van der Waals surface area contributed by atoms with E-state index in [1.165, 1.54) is 5.56 Å². The van der Waals surface area contributed by atoms with Crippen LogP contribution in [0.15, 0.2) is 54.6 Å².